The summed E-state index contributed by atoms with van der Waals surface area (Å²) in [6.45, 7) is 0. The summed E-state index contributed by atoms with van der Waals surface area (Å²) in [7, 11) is 3.64. The molecule has 0 saturated heterocycles. The Labute approximate surface area is 197 Å². The van der Waals surface area contributed by atoms with Crippen LogP contribution in [-0.4, -0.2) is 40.3 Å². The molecule has 0 unspecified atom stereocenters. The molecule has 0 saturated carbocycles. The average Bonchev–Trinajstić information content (AvgIpc) is 3.24. The van der Waals surface area contributed by atoms with Crippen LogP contribution in [0, 0.1) is 0 Å². The lowest BCUT2D eigenvalue weighted by atomic mass is 9.96. The number of aromatic nitrogens is 2. The van der Waals surface area contributed by atoms with Crippen LogP contribution < -0.4 is 0 Å². The van der Waals surface area contributed by atoms with Gasteiger partial charge < -0.3 is 4.90 Å². The van der Waals surface area contributed by atoms with Crippen LogP contribution in [0.1, 0.15) is 26.4 Å². The number of carbonyl (C=O) groups excluding carboxylic acids is 2. The maximum Gasteiger partial charge on any atom is 0.208 e. The van der Waals surface area contributed by atoms with E-state index in [9.17, 15) is 9.59 Å². The molecule has 164 valence electrons. The summed E-state index contributed by atoms with van der Waals surface area (Å²) in [5.41, 5.74) is 2.85. The molecule has 0 radical (unpaired) electrons. The van der Waals surface area contributed by atoms with Crippen LogP contribution in [0.5, 0.6) is 0 Å². The van der Waals surface area contributed by atoms with Crippen molar-refractivity contribution in [2.75, 3.05) is 14.1 Å². The first kappa shape index (κ1) is 22.2. The number of benzene rings is 3. The van der Waals surface area contributed by atoms with Crippen molar-refractivity contribution < 1.29 is 9.59 Å². The van der Waals surface area contributed by atoms with Crippen LogP contribution >= 0.6 is 11.6 Å². The molecule has 0 fully saturated rings. The lowest BCUT2D eigenvalue weighted by molar-refractivity contribution is 0.100. The van der Waals surface area contributed by atoms with Gasteiger partial charge in [0.25, 0.3) is 0 Å². The summed E-state index contributed by atoms with van der Waals surface area (Å²) >= 11 is 6.09. The van der Waals surface area contributed by atoms with E-state index in [1.807, 2.05) is 62.6 Å². The highest BCUT2D eigenvalue weighted by molar-refractivity contribution is 6.30. The molecular weight excluding hydrogens is 434 g/mol. The van der Waals surface area contributed by atoms with Crippen LogP contribution in [0.3, 0.4) is 0 Å². The van der Waals surface area contributed by atoms with E-state index in [1.54, 1.807) is 52.2 Å². The molecular formula is C27H22ClN3O2. The van der Waals surface area contributed by atoms with Crippen molar-refractivity contribution in [1.82, 2.24) is 14.7 Å². The van der Waals surface area contributed by atoms with E-state index < -0.39 is 0 Å². The van der Waals surface area contributed by atoms with E-state index in [0.717, 1.165) is 5.56 Å². The topological polar surface area (TPSA) is 55.2 Å². The molecule has 0 aliphatic heterocycles. The minimum atomic E-state index is -0.354. The molecule has 0 N–H and O–H groups in total. The highest BCUT2D eigenvalue weighted by Gasteiger charge is 2.29. The molecule has 3 aromatic carbocycles. The fourth-order valence-electron chi connectivity index (χ4n) is 3.47. The van der Waals surface area contributed by atoms with Gasteiger partial charge in [0.05, 0.1) is 16.9 Å². The van der Waals surface area contributed by atoms with E-state index >= 15 is 0 Å². The fourth-order valence-corrected chi connectivity index (χ4v) is 3.59. The number of halogens is 1. The maximum absolute atomic E-state index is 13.7. The minimum Gasteiger partial charge on any atom is -0.383 e. The molecule has 5 nitrogen and oxygen atoms in total. The zero-order valence-corrected chi connectivity index (χ0v) is 19.0. The van der Waals surface area contributed by atoms with Gasteiger partial charge in [-0.05, 0) is 24.3 Å². The Morgan fingerprint density at radius 1 is 0.879 bits per heavy atom. The van der Waals surface area contributed by atoms with Gasteiger partial charge in [-0.2, -0.15) is 5.10 Å². The summed E-state index contributed by atoms with van der Waals surface area (Å²) in [6, 6.07) is 25.5. The van der Waals surface area contributed by atoms with Gasteiger partial charge in [0, 0.05) is 42.5 Å². The Morgan fingerprint density at radius 2 is 1.48 bits per heavy atom. The van der Waals surface area contributed by atoms with Gasteiger partial charge >= 0.3 is 0 Å². The highest BCUT2D eigenvalue weighted by Crippen LogP contribution is 2.32. The fraction of sp³-hybridized carbons (Fsp3) is 0.0741. The molecule has 1 heterocycles. The molecule has 0 amide bonds. The second kappa shape index (κ2) is 9.67. The Balaban J connectivity index is 2.02. The average molecular weight is 456 g/mol. The van der Waals surface area contributed by atoms with Gasteiger partial charge in [-0.3, -0.25) is 9.59 Å². The summed E-state index contributed by atoms with van der Waals surface area (Å²) < 4.78 is 1.64. The van der Waals surface area contributed by atoms with Gasteiger partial charge in [-0.15, -0.1) is 0 Å². The van der Waals surface area contributed by atoms with E-state index in [1.165, 1.54) is 6.08 Å². The quantitative estimate of drug-likeness (QED) is 0.265. The van der Waals surface area contributed by atoms with Crippen molar-refractivity contribution in [3.05, 3.63) is 119 Å². The molecule has 33 heavy (non-hydrogen) atoms. The summed E-state index contributed by atoms with van der Waals surface area (Å²) in [6.07, 6.45) is 3.06. The third-order valence-corrected chi connectivity index (χ3v) is 5.28. The SMILES string of the molecule is CN(C)/C=C/C(=O)c1nn(-c2ccc(Cl)cc2)c(-c2ccccc2)c1C(=O)c1ccccc1. The van der Waals surface area contributed by atoms with Crippen LogP contribution in [-0.2, 0) is 0 Å². The molecule has 0 bridgehead atoms. The van der Waals surface area contributed by atoms with Crippen molar-refractivity contribution in [1.29, 1.82) is 0 Å². The number of ketones is 2. The smallest absolute Gasteiger partial charge is 0.208 e. The second-order valence-electron chi connectivity index (χ2n) is 7.67. The van der Waals surface area contributed by atoms with Gasteiger partial charge in [-0.1, -0.05) is 72.3 Å². The van der Waals surface area contributed by atoms with Crippen molar-refractivity contribution in [3.8, 4) is 16.9 Å². The summed E-state index contributed by atoms with van der Waals surface area (Å²) in [5, 5.41) is 5.23. The molecule has 0 aliphatic carbocycles. The molecule has 4 rings (SSSR count). The number of rotatable bonds is 7. The Morgan fingerprint density at radius 3 is 2.09 bits per heavy atom. The molecule has 6 heteroatoms. The second-order valence-corrected chi connectivity index (χ2v) is 8.10. The maximum atomic E-state index is 13.7. The molecule has 1 aromatic heterocycles. The van der Waals surface area contributed by atoms with Gasteiger partial charge in [0.2, 0.25) is 5.78 Å². The van der Waals surface area contributed by atoms with Crippen molar-refractivity contribution in [2.45, 2.75) is 0 Å². The number of nitrogens with zero attached hydrogens (tertiary/aromatic N) is 3. The highest BCUT2D eigenvalue weighted by atomic mass is 35.5. The van der Waals surface area contributed by atoms with Crippen molar-refractivity contribution >= 4 is 23.2 Å². The standard InChI is InChI=1S/C27H22ClN3O2/c1-30(2)18-17-23(32)25-24(27(33)20-11-7-4-8-12-20)26(19-9-5-3-6-10-19)31(29-25)22-15-13-21(28)14-16-22/h3-18H,1-2H3/b18-17+. The van der Waals surface area contributed by atoms with Gasteiger partial charge in [-0.25, -0.2) is 4.68 Å². The lowest BCUT2D eigenvalue weighted by Gasteiger charge is -2.10. The number of hydrogen-bond acceptors (Lipinski definition) is 4. The first-order valence-electron chi connectivity index (χ1n) is 10.4. The van der Waals surface area contributed by atoms with Gasteiger partial charge in [0.1, 0.15) is 5.69 Å². The zero-order chi connectivity index (χ0) is 23.4. The first-order chi connectivity index (χ1) is 16.0. The minimum absolute atomic E-state index is 0.0933. The molecule has 0 spiro atoms. The van der Waals surface area contributed by atoms with Crippen molar-refractivity contribution in [2.24, 2.45) is 0 Å². The van der Waals surface area contributed by atoms with Crippen LogP contribution in [0.4, 0.5) is 0 Å². The summed E-state index contributed by atoms with van der Waals surface area (Å²) in [5.74, 6) is -0.621. The Kier molecular flexibility index (Phi) is 6.52. The predicted octanol–water partition coefficient (Wildman–Crippen LogP) is 5.68. The monoisotopic (exact) mass is 455 g/mol. The van der Waals surface area contributed by atoms with E-state index in [2.05, 4.69) is 5.10 Å². The van der Waals surface area contributed by atoms with E-state index in [-0.39, 0.29) is 22.8 Å². The first-order valence-corrected chi connectivity index (χ1v) is 10.8. The van der Waals surface area contributed by atoms with Crippen molar-refractivity contribution in [3.63, 3.8) is 0 Å². The Hall–Kier alpha value is -3.96. The zero-order valence-electron chi connectivity index (χ0n) is 18.3. The normalized spacial score (nSPS) is 11.0. The van der Waals surface area contributed by atoms with Crippen LogP contribution in [0.15, 0.2) is 97.2 Å². The Bertz CT molecular complexity index is 1310. The molecule has 4 aromatic rings. The number of carbonyl (C=O) groups is 2. The molecule has 0 aliphatic rings. The third kappa shape index (κ3) is 4.78. The lowest BCUT2D eigenvalue weighted by Crippen LogP contribution is -2.10. The van der Waals surface area contributed by atoms with Crippen LogP contribution in [0.25, 0.3) is 16.9 Å². The largest absolute Gasteiger partial charge is 0.383 e. The predicted molar refractivity (Wildman–Crippen MR) is 131 cm³/mol. The van der Waals surface area contributed by atoms with E-state index in [0.29, 0.717) is 22.0 Å². The van der Waals surface area contributed by atoms with Crippen LogP contribution in [0.2, 0.25) is 5.02 Å². The molecule has 0 atom stereocenters. The number of hydrogen-bond donors (Lipinski definition) is 0. The summed E-state index contributed by atoms with van der Waals surface area (Å²) in [4.78, 5) is 28.7. The number of allylic oxidation sites excluding steroid dienone is 1. The third-order valence-electron chi connectivity index (χ3n) is 5.02. The van der Waals surface area contributed by atoms with E-state index in [4.69, 9.17) is 11.6 Å². The van der Waals surface area contributed by atoms with Gasteiger partial charge in [0.15, 0.2) is 5.78 Å².